The molecule has 23 heavy (non-hydrogen) atoms. The Balaban J connectivity index is 1.92. The van der Waals surface area contributed by atoms with E-state index < -0.39 is 0 Å². The van der Waals surface area contributed by atoms with Crippen molar-refractivity contribution in [3.05, 3.63) is 58.1 Å². The Labute approximate surface area is 142 Å². The molecule has 3 aromatic heterocycles. The number of aromatic nitrogens is 3. The van der Waals surface area contributed by atoms with E-state index >= 15 is 0 Å². The Morgan fingerprint density at radius 3 is 2.65 bits per heavy atom. The molecule has 0 spiro atoms. The molecule has 0 aromatic carbocycles. The van der Waals surface area contributed by atoms with E-state index in [1.54, 1.807) is 18.3 Å². The molecule has 0 fully saturated rings. The lowest BCUT2D eigenvalue weighted by Crippen LogP contribution is -2.14. The highest BCUT2D eigenvalue weighted by atomic mass is 35.5. The second-order valence-electron chi connectivity index (χ2n) is 5.00. The lowest BCUT2D eigenvalue weighted by atomic mass is 10.1. The van der Waals surface area contributed by atoms with E-state index in [2.05, 4.69) is 20.3 Å². The van der Waals surface area contributed by atoms with Crippen molar-refractivity contribution < 1.29 is 4.79 Å². The van der Waals surface area contributed by atoms with Gasteiger partial charge in [0.05, 0.1) is 5.69 Å². The summed E-state index contributed by atoms with van der Waals surface area (Å²) in [6.07, 6.45) is 1.63. The molecule has 0 atom stereocenters. The van der Waals surface area contributed by atoms with Crippen molar-refractivity contribution in [1.29, 1.82) is 0 Å². The van der Waals surface area contributed by atoms with Crippen LogP contribution < -0.4 is 5.32 Å². The highest BCUT2D eigenvalue weighted by Crippen LogP contribution is 2.23. The number of thiazole rings is 1. The van der Waals surface area contributed by atoms with Crippen LogP contribution in [0, 0.1) is 13.8 Å². The Morgan fingerprint density at radius 1 is 1.13 bits per heavy atom. The highest BCUT2D eigenvalue weighted by molar-refractivity contribution is 7.13. The van der Waals surface area contributed by atoms with Gasteiger partial charge in [-0.05, 0) is 49.2 Å². The second kappa shape index (κ2) is 6.44. The quantitative estimate of drug-likeness (QED) is 0.725. The van der Waals surface area contributed by atoms with E-state index in [0.717, 1.165) is 22.5 Å². The predicted octanol–water partition coefficient (Wildman–Crippen LogP) is 4.12. The van der Waals surface area contributed by atoms with E-state index in [-0.39, 0.29) is 5.91 Å². The SMILES string of the molecule is Cc1cc(-c2ccnc(Cl)c2)cc(C(=O)Nc2nc(C)cs2)n1. The summed E-state index contributed by atoms with van der Waals surface area (Å²) in [6, 6.07) is 7.22. The third kappa shape index (κ3) is 3.72. The average Bonchev–Trinajstić information content (AvgIpc) is 2.91. The fraction of sp³-hybridized carbons (Fsp3) is 0.125. The van der Waals surface area contributed by atoms with E-state index in [0.29, 0.717) is 16.0 Å². The van der Waals surface area contributed by atoms with Crippen LogP contribution in [0.4, 0.5) is 5.13 Å². The van der Waals surface area contributed by atoms with Gasteiger partial charge in [-0.2, -0.15) is 0 Å². The monoisotopic (exact) mass is 344 g/mol. The zero-order valence-electron chi connectivity index (χ0n) is 12.5. The maximum atomic E-state index is 12.4. The first-order chi connectivity index (χ1) is 11.0. The number of rotatable bonds is 3. The fourth-order valence-electron chi connectivity index (χ4n) is 2.11. The van der Waals surface area contributed by atoms with Crippen LogP contribution in [0.25, 0.3) is 11.1 Å². The number of anilines is 1. The van der Waals surface area contributed by atoms with E-state index in [1.165, 1.54) is 11.3 Å². The average molecular weight is 345 g/mol. The molecule has 1 amide bonds. The van der Waals surface area contributed by atoms with Gasteiger partial charge in [0.15, 0.2) is 5.13 Å². The van der Waals surface area contributed by atoms with Crippen molar-refractivity contribution in [2.75, 3.05) is 5.32 Å². The van der Waals surface area contributed by atoms with Crippen molar-refractivity contribution in [2.45, 2.75) is 13.8 Å². The van der Waals surface area contributed by atoms with Crippen molar-refractivity contribution >= 4 is 34.0 Å². The zero-order valence-corrected chi connectivity index (χ0v) is 14.1. The molecule has 116 valence electrons. The maximum absolute atomic E-state index is 12.4. The third-order valence-electron chi connectivity index (χ3n) is 3.09. The number of hydrogen-bond donors (Lipinski definition) is 1. The van der Waals surface area contributed by atoms with Crippen LogP contribution in [0.3, 0.4) is 0 Å². The first-order valence-electron chi connectivity index (χ1n) is 6.85. The summed E-state index contributed by atoms with van der Waals surface area (Å²) in [5, 5.41) is 5.61. The van der Waals surface area contributed by atoms with Gasteiger partial charge in [-0.1, -0.05) is 11.6 Å². The van der Waals surface area contributed by atoms with Crippen LogP contribution in [-0.4, -0.2) is 20.9 Å². The minimum atomic E-state index is -0.288. The first kappa shape index (κ1) is 15.6. The van der Waals surface area contributed by atoms with Gasteiger partial charge in [-0.25, -0.2) is 15.0 Å². The lowest BCUT2D eigenvalue weighted by molar-refractivity contribution is 0.102. The molecule has 1 N–H and O–H groups in total. The van der Waals surface area contributed by atoms with Gasteiger partial charge in [-0.15, -0.1) is 11.3 Å². The van der Waals surface area contributed by atoms with Crippen molar-refractivity contribution in [3.8, 4) is 11.1 Å². The van der Waals surface area contributed by atoms with E-state index in [1.807, 2.05) is 31.4 Å². The Bertz CT molecular complexity index is 878. The molecule has 0 aliphatic heterocycles. The first-order valence-corrected chi connectivity index (χ1v) is 8.11. The largest absolute Gasteiger partial charge is 0.296 e. The number of nitrogens with zero attached hydrogens (tertiary/aromatic N) is 3. The van der Waals surface area contributed by atoms with Gasteiger partial charge in [0.2, 0.25) is 0 Å². The van der Waals surface area contributed by atoms with Crippen LogP contribution in [0.2, 0.25) is 5.15 Å². The van der Waals surface area contributed by atoms with Crippen molar-refractivity contribution in [3.63, 3.8) is 0 Å². The van der Waals surface area contributed by atoms with Crippen LogP contribution in [-0.2, 0) is 0 Å². The zero-order chi connectivity index (χ0) is 16.4. The molecule has 0 aliphatic carbocycles. The number of amides is 1. The normalized spacial score (nSPS) is 10.6. The molecule has 0 unspecified atom stereocenters. The molecule has 0 aliphatic rings. The minimum Gasteiger partial charge on any atom is -0.296 e. The van der Waals surface area contributed by atoms with Crippen LogP contribution in [0.5, 0.6) is 0 Å². The molecule has 0 radical (unpaired) electrons. The predicted molar refractivity (Wildman–Crippen MR) is 92.0 cm³/mol. The summed E-state index contributed by atoms with van der Waals surface area (Å²) < 4.78 is 0. The Kier molecular flexibility index (Phi) is 4.36. The van der Waals surface area contributed by atoms with Crippen LogP contribution in [0.15, 0.2) is 35.8 Å². The Hall–Kier alpha value is -2.31. The summed E-state index contributed by atoms with van der Waals surface area (Å²) in [5.74, 6) is -0.288. The number of pyridine rings is 2. The molecule has 0 saturated carbocycles. The molecule has 3 heterocycles. The lowest BCUT2D eigenvalue weighted by Gasteiger charge is -2.07. The number of carbonyl (C=O) groups excluding carboxylic acids is 1. The van der Waals surface area contributed by atoms with Gasteiger partial charge >= 0.3 is 0 Å². The van der Waals surface area contributed by atoms with Gasteiger partial charge in [0.25, 0.3) is 5.91 Å². The number of nitrogens with one attached hydrogen (secondary N) is 1. The molecule has 3 rings (SSSR count). The van der Waals surface area contributed by atoms with Crippen LogP contribution in [0.1, 0.15) is 21.9 Å². The minimum absolute atomic E-state index is 0.288. The third-order valence-corrected chi connectivity index (χ3v) is 4.17. The van der Waals surface area contributed by atoms with Crippen molar-refractivity contribution in [2.24, 2.45) is 0 Å². The van der Waals surface area contributed by atoms with Gasteiger partial charge < -0.3 is 0 Å². The number of hydrogen-bond acceptors (Lipinski definition) is 5. The molecular weight excluding hydrogens is 332 g/mol. The molecular formula is C16H13ClN4OS. The highest BCUT2D eigenvalue weighted by Gasteiger charge is 2.12. The molecule has 5 nitrogen and oxygen atoms in total. The van der Waals surface area contributed by atoms with Gasteiger partial charge in [0.1, 0.15) is 10.8 Å². The summed E-state index contributed by atoms with van der Waals surface area (Å²) in [7, 11) is 0. The van der Waals surface area contributed by atoms with Gasteiger partial charge in [-0.3, -0.25) is 10.1 Å². The number of carbonyl (C=O) groups is 1. The number of aryl methyl sites for hydroxylation is 2. The van der Waals surface area contributed by atoms with E-state index in [9.17, 15) is 4.79 Å². The molecule has 0 saturated heterocycles. The summed E-state index contributed by atoms with van der Waals surface area (Å²) in [4.78, 5) is 24.9. The fourth-order valence-corrected chi connectivity index (χ4v) is 2.96. The van der Waals surface area contributed by atoms with E-state index in [4.69, 9.17) is 11.6 Å². The van der Waals surface area contributed by atoms with Crippen molar-refractivity contribution in [1.82, 2.24) is 15.0 Å². The maximum Gasteiger partial charge on any atom is 0.276 e. The second-order valence-corrected chi connectivity index (χ2v) is 6.24. The standard InChI is InChI=1S/C16H13ClN4OS/c1-9-5-12(11-3-4-18-14(17)7-11)6-13(19-9)15(22)21-16-20-10(2)8-23-16/h3-8H,1-2H3,(H,20,21,22). The molecule has 0 bridgehead atoms. The smallest absolute Gasteiger partial charge is 0.276 e. The summed E-state index contributed by atoms with van der Waals surface area (Å²) >= 11 is 7.32. The Morgan fingerprint density at radius 2 is 1.96 bits per heavy atom. The number of halogens is 1. The molecule has 3 aromatic rings. The molecule has 7 heteroatoms. The van der Waals surface area contributed by atoms with Gasteiger partial charge in [0, 0.05) is 17.3 Å². The summed E-state index contributed by atoms with van der Waals surface area (Å²) in [5.41, 5.74) is 3.70. The summed E-state index contributed by atoms with van der Waals surface area (Å²) in [6.45, 7) is 3.72. The topological polar surface area (TPSA) is 67.8 Å². The van der Waals surface area contributed by atoms with Crippen LogP contribution >= 0.6 is 22.9 Å².